The van der Waals surface area contributed by atoms with Crippen molar-refractivity contribution < 1.29 is 27.9 Å². The predicted molar refractivity (Wildman–Crippen MR) is 114 cm³/mol. The van der Waals surface area contributed by atoms with Crippen LogP contribution >= 0.6 is 0 Å². The molecule has 1 aliphatic heterocycles. The smallest absolute Gasteiger partial charge is 0.396 e. The van der Waals surface area contributed by atoms with Crippen LogP contribution in [0.2, 0.25) is 0 Å². The van der Waals surface area contributed by atoms with E-state index < -0.39 is 29.4 Å². The number of likely N-dealkylation sites (N-methyl/N-ethyl adjacent to an activating group) is 1. The summed E-state index contributed by atoms with van der Waals surface area (Å²) in [5.41, 5.74) is -0.244. The third-order valence-electron chi connectivity index (χ3n) is 5.51. The molecule has 1 aliphatic rings. The highest BCUT2D eigenvalue weighted by atomic mass is 19.4. The van der Waals surface area contributed by atoms with Crippen molar-refractivity contribution in [2.45, 2.75) is 25.3 Å². The number of aliphatic hydroxyl groups is 1. The molecule has 2 amide bonds. The number of carbonyl (C=O) groups excluding carboxylic acids is 2. The second-order valence-corrected chi connectivity index (χ2v) is 7.57. The molecule has 3 aromatic rings. The van der Waals surface area contributed by atoms with Crippen molar-refractivity contribution in [1.82, 2.24) is 14.0 Å². The largest absolute Gasteiger partial charge is 0.417 e. The lowest BCUT2D eigenvalue weighted by molar-refractivity contribution is -0.138. The Morgan fingerprint density at radius 1 is 1.09 bits per heavy atom. The van der Waals surface area contributed by atoms with Gasteiger partial charge in [0, 0.05) is 26.3 Å². The van der Waals surface area contributed by atoms with Crippen LogP contribution in [0.15, 0.2) is 65.7 Å². The number of rotatable bonds is 5. The minimum absolute atomic E-state index is 0.0860. The van der Waals surface area contributed by atoms with E-state index in [1.165, 1.54) is 23.1 Å². The first kappa shape index (κ1) is 22.5. The van der Waals surface area contributed by atoms with Crippen molar-refractivity contribution in [3.63, 3.8) is 0 Å². The molecule has 0 spiro atoms. The summed E-state index contributed by atoms with van der Waals surface area (Å²) in [6.07, 6.45) is -1.98. The van der Waals surface area contributed by atoms with Crippen LogP contribution in [-0.4, -0.2) is 44.6 Å². The normalized spacial score (nSPS) is 16.9. The zero-order chi connectivity index (χ0) is 23.8. The maximum atomic E-state index is 13.5. The topological polar surface area (TPSA) is 79.8 Å². The van der Waals surface area contributed by atoms with Gasteiger partial charge < -0.3 is 14.6 Å². The van der Waals surface area contributed by atoms with Crippen LogP contribution in [-0.2, 0) is 17.5 Å². The summed E-state index contributed by atoms with van der Waals surface area (Å²) >= 11 is 0. The van der Waals surface area contributed by atoms with Crippen molar-refractivity contribution in [1.29, 1.82) is 0 Å². The number of benzene rings is 2. The van der Waals surface area contributed by atoms with Crippen molar-refractivity contribution in [3.8, 4) is 0 Å². The second kappa shape index (κ2) is 8.70. The Morgan fingerprint density at radius 2 is 1.76 bits per heavy atom. The molecular weight excluding hydrogens is 437 g/mol. The number of halogens is 3. The van der Waals surface area contributed by atoms with Gasteiger partial charge in [-0.2, -0.15) is 18.2 Å². The van der Waals surface area contributed by atoms with Gasteiger partial charge in [-0.15, -0.1) is 0 Å². The molecule has 0 fully saturated rings. The van der Waals surface area contributed by atoms with Gasteiger partial charge in [-0.3, -0.25) is 14.2 Å². The molecule has 172 valence electrons. The van der Waals surface area contributed by atoms with E-state index in [2.05, 4.69) is 4.99 Å². The van der Waals surface area contributed by atoms with Gasteiger partial charge in [-0.1, -0.05) is 24.3 Å². The molecule has 7 nitrogen and oxygen atoms in total. The minimum Gasteiger partial charge on any atom is -0.396 e. The van der Waals surface area contributed by atoms with E-state index in [4.69, 9.17) is 0 Å². The van der Waals surface area contributed by atoms with E-state index in [9.17, 15) is 27.9 Å². The lowest BCUT2D eigenvalue weighted by atomic mass is 10.1. The van der Waals surface area contributed by atoms with Crippen LogP contribution in [0.25, 0.3) is 11.0 Å². The zero-order valence-electron chi connectivity index (χ0n) is 17.7. The van der Waals surface area contributed by atoms with E-state index in [1.807, 2.05) is 0 Å². The first-order valence-electron chi connectivity index (χ1n) is 10.2. The number of alkyl halides is 3. The number of amides is 2. The van der Waals surface area contributed by atoms with Gasteiger partial charge in [0.2, 0.25) is 11.5 Å². The molecule has 1 N–H and O–H groups in total. The molecule has 2 aromatic carbocycles. The van der Waals surface area contributed by atoms with Gasteiger partial charge in [0.05, 0.1) is 22.2 Å². The van der Waals surface area contributed by atoms with Crippen molar-refractivity contribution in [2.24, 2.45) is 4.99 Å². The van der Waals surface area contributed by atoms with E-state index in [1.54, 1.807) is 46.5 Å². The number of carbonyl (C=O) groups is 2. The Kier molecular flexibility index (Phi) is 5.94. The van der Waals surface area contributed by atoms with Crippen LogP contribution in [0.1, 0.15) is 28.5 Å². The first-order chi connectivity index (χ1) is 15.7. The van der Waals surface area contributed by atoms with Crippen LogP contribution in [0.3, 0.4) is 0 Å². The Morgan fingerprint density at radius 3 is 2.39 bits per heavy atom. The number of aromatic nitrogens is 2. The highest BCUT2D eigenvalue weighted by Gasteiger charge is 2.35. The monoisotopic (exact) mass is 458 g/mol. The van der Waals surface area contributed by atoms with Gasteiger partial charge in [0.15, 0.2) is 0 Å². The van der Waals surface area contributed by atoms with Crippen molar-refractivity contribution >= 4 is 22.8 Å². The lowest BCUT2D eigenvalue weighted by Gasteiger charge is -2.22. The third kappa shape index (κ3) is 4.09. The average molecular weight is 458 g/mol. The predicted octanol–water partition coefficient (Wildman–Crippen LogP) is 3.11. The molecular formula is C23H21F3N4O3. The average Bonchev–Trinajstić information content (AvgIpc) is 3.27. The highest BCUT2D eigenvalue weighted by Crippen LogP contribution is 2.32. The fourth-order valence-corrected chi connectivity index (χ4v) is 3.94. The van der Waals surface area contributed by atoms with Gasteiger partial charge in [0.1, 0.15) is 6.17 Å². The molecule has 1 atom stereocenters. The molecule has 1 aromatic heterocycles. The van der Waals surface area contributed by atoms with Crippen molar-refractivity contribution in [2.75, 3.05) is 13.7 Å². The molecule has 0 aliphatic carbocycles. The summed E-state index contributed by atoms with van der Waals surface area (Å²) in [6, 6.07) is 11.6. The fourth-order valence-electron chi connectivity index (χ4n) is 3.94. The Bertz CT molecular complexity index is 1320. The standard InChI is InChI=1S/C23H21F3N4O3/c1-28-19(11-12-20(28)32)30-18-10-5-4-9-17(18)29(13-6-14-31)22(30)27-21(33)15-7-2-3-8-16(15)23(24,25)26/h2-5,7-12,19,31H,6,13-14H2,1H3. The number of hydrogen-bond acceptors (Lipinski definition) is 3. The second-order valence-electron chi connectivity index (χ2n) is 7.57. The van der Waals surface area contributed by atoms with E-state index in [-0.39, 0.29) is 24.7 Å². The van der Waals surface area contributed by atoms with Crippen LogP contribution in [0, 0.1) is 0 Å². The van der Waals surface area contributed by atoms with Crippen LogP contribution in [0.4, 0.5) is 13.2 Å². The molecule has 2 heterocycles. The molecule has 4 rings (SSSR count). The summed E-state index contributed by atoms with van der Waals surface area (Å²) in [6.45, 7) is 0.143. The number of fused-ring (bicyclic) bond motifs is 1. The van der Waals surface area contributed by atoms with Gasteiger partial charge in [-0.25, -0.2) is 0 Å². The lowest BCUT2D eigenvalue weighted by Crippen LogP contribution is -2.36. The summed E-state index contributed by atoms with van der Waals surface area (Å²) in [5, 5.41) is 9.36. The van der Waals surface area contributed by atoms with Gasteiger partial charge in [-0.05, 0) is 36.8 Å². The van der Waals surface area contributed by atoms with Crippen molar-refractivity contribution in [3.05, 3.63) is 77.4 Å². The van der Waals surface area contributed by atoms with E-state index in [0.717, 1.165) is 12.1 Å². The number of para-hydroxylation sites is 2. The number of aryl methyl sites for hydroxylation is 1. The first-order valence-corrected chi connectivity index (χ1v) is 10.2. The van der Waals surface area contributed by atoms with Gasteiger partial charge >= 0.3 is 6.18 Å². The fraction of sp³-hybridized carbons (Fsp3) is 0.261. The minimum atomic E-state index is -4.72. The van der Waals surface area contributed by atoms with Gasteiger partial charge in [0.25, 0.3) is 5.91 Å². The zero-order valence-corrected chi connectivity index (χ0v) is 17.7. The highest BCUT2D eigenvalue weighted by molar-refractivity contribution is 5.96. The summed E-state index contributed by atoms with van der Waals surface area (Å²) in [4.78, 5) is 30.8. The summed E-state index contributed by atoms with van der Waals surface area (Å²) < 4.78 is 43.8. The van der Waals surface area contributed by atoms with Crippen LogP contribution < -0.4 is 5.62 Å². The molecule has 0 saturated heterocycles. The summed E-state index contributed by atoms with van der Waals surface area (Å²) in [7, 11) is 1.59. The Balaban J connectivity index is 1.99. The molecule has 1 unspecified atom stereocenters. The maximum Gasteiger partial charge on any atom is 0.417 e. The Hall–Kier alpha value is -3.66. The third-order valence-corrected chi connectivity index (χ3v) is 5.51. The van der Waals surface area contributed by atoms with E-state index >= 15 is 0 Å². The number of hydrogen-bond donors (Lipinski definition) is 1. The van der Waals surface area contributed by atoms with E-state index in [0.29, 0.717) is 17.5 Å². The molecule has 0 saturated carbocycles. The number of nitrogens with zero attached hydrogens (tertiary/aromatic N) is 4. The molecule has 10 heteroatoms. The summed E-state index contributed by atoms with van der Waals surface area (Å²) in [5.74, 6) is -1.31. The quantitative estimate of drug-likeness (QED) is 0.638. The molecule has 33 heavy (non-hydrogen) atoms. The SMILES string of the molecule is CN1C(=O)C=CC1n1c(=NC(=O)c2ccccc2C(F)(F)F)n(CCCO)c2ccccc21. The number of aliphatic hydroxyl groups excluding tert-OH is 1. The van der Waals surface area contributed by atoms with Crippen LogP contribution in [0.5, 0.6) is 0 Å². The Labute approximate surface area is 186 Å². The molecule has 0 bridgehead atoms. The number of imidazole rings is 1. The maximum absolute atomic E-state index is 13.5. The molecule has 0 radical (unpaired) electrons.